The zero-order valence-electron chi connectivity index (χ0n) is 10.3. The van der Waals surface area contributed by atoms with E-state index in [1.807, 2.05) is 0 Å². The molecule has 0 amide bonds. The SMILES string of the molecule is CCCNC(C)c1c(C)[nH]c2ccccc12. The van der Waals surface area contributed by atoms with E-state index in [1.165, 1.54) is 28.6 Å². The number of hydrogen-bond acceptors (Lipinski definition) is 1. The van der Waals surface area contributed by atoms with Gasteiger partial charge in [0.25, 0.3) is 0 Å². The lowest BCUT2D eigenvalue weighted by molar-refractivity contribution is 0.571. The third kappa shape index (κ3) is 1.98. The molecule has 0 aliphatic carbocycles. The number of H-pyrrole nitrogens is 1. The zero-order valence-corrected chi connectivity index (χ0v) is 10.3. The monoisotopic (exact) mass is 216 g/mol. The van der Waals surface area contributed by atoms with Gasteiger partial charge in [0, 0.05) is 22.6 Å². The van der Waals surface area contributed by atoms with Crippen molar-refractivity contribution in [3.63, 3.8) is 0 Å². The summed E-state index contributed by atoms with van der Waals surface area (Å²) in [6.07, 6.45) is 1.17. The Bertz CT molecular complexity index is 471. The van der Waals surface area contributed by atoms with Crippen molar-refractivity contribution in [2.75, 3.05) is 6.54 Å². The maximum Gasteiger partial charge on any atom is 0.0459 e. The maximum absolute atomic E-state index is 3.55. The molecule has 0 saturated carbocycles. The molecule has 0 fully saturated rings. The second-order valence-electron chi connectivity index (χ2n) is 4.39. The van der Waals surface area contributed by atoms with Gasteiger partial charge in [0.05, 0.1) is 0 Å². The molecule has 1 aromatic heterocycles. The van der Waals surface area contributed by atoms with Crippen molar-refractivity contribution in [3.05, 3.63) is 35.5 Å². The molecule has 16 heavy (non-hydrogen) atoms. The Labute approximate surface area is 97.1 Å². The van der Waals surface area contributed by atoms with Crippen LogP contribution in [0.1, 0.15) is 37.6 Å². The van der Waals surface area contributed by atoms with Gasteiger partial charge < -0.3 is 10.3 Å². The van der Waals surface area contributed by atoms with E-state index in [9.17, 15) is 0 Å². The third-order valence-corrected chi connectivity index (χ3v) is 3.08. The van der Waals surface area contributed by atoms with Gasteiger partial charge in [-0.15, -0.1) is 0 Å². The number of hydrogen-bond donors (Lipinski definition) is 2. The molecule has 2 heteroatoms. The number of rotatable bonds is 4. The maximum atomic E-state index is 3.55. The van der Waals surface area contributed by atoms with Crippen LogP contribution in [-0.2, 0) is 0 Å². The largest absolute Gasteiger partial charge is 0.358 e. The summed E-state index contributed by atoms with van der Waals surface area (Å²) < 4.78 is 0. The summed E-state index contributed by atoms with van der Waals surface area (Å²) in [5.74, 6) is 0. The highest BCUT2D eigenvalue weighted by Gasteiger charge is 2.13. The molecule has 0 radical (unpaired) electrons. The van der Waals surface area contributed by atoms with Crippen LogP contribution in [-0.4, -0.2) is 11.5 Å². The van der Waals surface area contributed by atoms with Gasteiger partial charge in [0.1, 0.15) is 0 Å². The van der Waals surface area contributed by atoms with E-state index >= 15 is 0 Å². The van der Waals surface area contributed by atoms with Crippen molar-refractivity contribution in [2.24, 2.45) is 0 Å². The van der Waals surface area contributed by atoms with Crippen molar-refractivity contribution < 1.29 is 0 Å². The quantitative estimate of drug-likeness (QED) is 0.804. The summed E-state index contributed by atoms with van der Waals surface area (Å²) in [6.45, 7) is 7.65. The van der Waals surface area contributed by atoms with Crippen LogP contribution in [0, 0.1) is 6.92 Å². The molecule has 0 saturated heterocycles. The topological polar surface area (TPSA) is 27.8 Å². The zero-order chi connectivity index (χ0) is 11.5. The second kappa shape index (κ2) is 4.71. The Kier molecular flexibility index (Phi) is 3.30. The molecule has 2 aromatic rings. The van der Waals surface area contributed by atoms with Crippen molar-refractivity contribution in [2.45, 2.75) is 33.2 Å². The van der Waals surface area contributed by atoms with E-state index in [0.717, 1.165) is 6.54 Å². The molecule has 0 bridgehead atoms. The van der Waals surface area contributed by atoms with Gasteiger partial charge in [0.15, 0.2) is 0 Å². The Morgan fingerprint density at radius 2 is 2.06 bits per heavy atom. The van der Waals surface area contributed by atoms with Gasteiger partial charge in [-0.25, -0.2) is 0 Å². The molecular formula is C14H20N2. The molecule has 2 N–H and O–H groups in total. The van der Waals surface area contributed by atoms with Crippen molar-refractivity contribution in [1.82, 2.24) is 10.3 Å². The highest BCUT2D eigenvalue weighted by atomic mass is 14.9. The van der Waals surface area contributed by atoms with E-state index in [-0.39, 0.29) is 0 Å². The van der Waals surface area contributed by atoms with Crippen LogP contribution in [0.4, 0.5) is 0 Å². The smallest absolute Gasteiger partial charge is 0.0459 e. The van der Waals surface area contributed by atoms with Crippen molar-refractivity contribution in [3.8, 4) is 0 Å². The number of benzene rings is 1. The van der Waals surface area contributed by atoms with Gasteiger partial charge in [0.2, 0.25) is 0 Å². The minimum absolute atomic E-state index is 0.413. The van der Waals surface area contributed by atoms with Gasteiger partial charge >= 0.3 is 0 Å². The Hall–Kier alpha value is -1.28. The first-order valence-electron chi connectivity index (χ1n) is 6.04. The van der Waals surface area contributed by atoms with E-state index in [1.54, 1.807) is 0 Å². The van der Waals surface area contributed by atoms with Crippen LogP contribution < -0.4 is 5.32 Å². The highest BCUT2D eigenvalue weighted by molar-refractivity contribution is 5.85. The molecule has 0 spiro atoms. The average Bonchev–Trinajstić information content (AvgIpc) is 2.62. The van der Waals surface area contributed by atoms with Crippen LogP contribution >= 0.6 is 0 Å². The number of aromatic nitrogens is 1. The van der Waals surface area contributed by atoms with Gasteiger partial charge in [-0.05, 0) is 38.4 Å². The molecule has 86 valence electrons. The van der Waals surface area contributed by atoms with Gasteiger partial charge in [-0.1, -0.05) is 25.1 Å². The Morgan fingerprint density at radius 1 is 1.31 bits per heavy atom. The fraction of sp³-hybridized carbons (Fsp3) is 0.429. The highest BCUT2D eigenvalue weighted by Crippen LogP contribution is 2.27. The van der Waals surface area contributed by atoms with Crippen LogP contribution in [0.2, 0.25) is 0 Å². The fourth-order valence-electron chi connectivity index (χ4n) is 2.32. The molecule has 2 nitrogen and oxygen atoms in total. The molecule has 1 heterocycles. The van der Waals surface area contributed by atoms with E-state index in [4.69, 9.17) is 0 Å². The molecular weight excluding hydrogens is 196 g/mol. The minimum Gasteiger partial charge on any atom is -0.358 e. The lowest BCUT2D eigenvalue weighted by Crippen LogP contribution is -2.19. The summed E-state index contributed by atoms with van der Waals surface area (Å²) in [5, 5.41) is 4.89. The lowest BCUT2D eigenvalue weighted by Gasteiger charge is -2.13. The second-order valence-corrected chi connectivity index (χ2v) is 4.39. The van der Waals surface area contributed by atoms with E-state index < -0.39 is 0 Å². The van der Waals surface area contributed by atoms with E-state index in [0.29, 0.717) is 6.04 Å². The summed E-state index contributed by atoms with van der Waals surface area (Å²) in [7, 11) is 0. The lowest BCUT2D eigenvalue weighted by atomic mass is 10.0. The third-order valence-electron chi connectivity index (χ3n) is 3.08. The van der Waals surface area contributed by atoms with Crippen LogP contribution in [0.3, 0.4) is 0 Å². The van der Waals surface area contributed by atoms with Gasteiger partial charge in [-0.3, -0.25) is 0 Å². The van der Waals surface area contributed by atoms with Crippen LogP contribution in [0.15, 0.2) is 24.3 Å². The van der Waals surface area contributed by atoms with Crippen LogP contribution in [0.5, 0.6) is 0 Å². The first-order chi connectivity index (χ1) is 7.74. The summed E-state index contributed by atoms with van der Waals surface area (Å²) in [5.41, 5.74) is 3.92. The number of nitrogens with one attached hydrogen (secondary N) is 2. The molecule has 2 rings (SSSR count). The van der Waals surface area contributed by atoms with Crippen molar-refractivity contribution in [1.29, 1.82) is 0 Å². The first-order valence-corrected chi connectivity index (χ1v) is 6.04. The van der Waals surface area contributed by atoms with Crippen molar-refractivity contribution >= 4 is 10.9 Å². The normalized spacial score (nSPS) is 13.2. The molecule has 1 aromatic carbocycles. The standard InChI is InChI=1S/C14H20N2/c1-4-9-15-10(2)14-11(3)16-13-8-6-5-7-12(13)14/h5-8,10,15-16H,4,9H2,1-3H3. The number of fused-ring (bicyclic) bond motifs is 1. The van der Waals surface area contributed by atoms with Crippen LogP contribution in [0.25, 0.3) is 10.9 Å². The summed E-state index contributed by atoms with van der Waals surface area (Å²) >= 11 is 0. The fourth-order valence-corrected chi connectivity index (χ4v) is 2.32. The molecule has 0 aliphatic rings. The Morgan fingerprint density at radius 3 is 2.81 bits per heavy atom. The van der Waals surface area contributed by atoms with E-state index in [2.05, 4.69) is 55.3 Å². The number of aryl methyl sites for hydroxylation is 1. The first kappa shape index (κ1) is 11.2. The van der Waals surface area contributed by atoms with Gasteiger partial charge in [-0.2, -0.15) is 0 Å². The predicted octanol–water partition coefficient (Wildman–Crippen LogP) is 3.54. The average molecular weight is 216 g/mol. The predicted molar refractivity (Wildman–Crippen MR) is 69.7 cm³/mol. The summed E-state index contributed by atoms with van der Waals surface area (Å²) in [4.78, 5) is 3.44. The minimum atomic E-state index is 0.413. The summed E-state index contributed by atoms with van der Waals surface area (Å²) in [6, 6.07) is 8.92. The number of para-hydroxylation sites is 1. The molecule has 0 aliphatic heterocycles. The number of aromatic amines is 1. The molecule has 1 unspecified atom stereocenters. The Balaban J connectivity index is 2.38. The molecule has 1 atom stereocenters.